The Morgan fingerprint density at radius 1 is 0.564 bits per heavy atom. The Balaban J connectivity index is 1.27. The van der Waals surface area contributed by atoms with Gasteiger partial charge in [-0.3, -0.25) is 0 Å². The van der Waals surface area contributed by atoms with Crippen LogP contribution in [0.1, 0.15) is 16.0 Å². The van der Waals surface area contributed by atoms with Gasteiger partial charge in [-0.25, -0.2) is 0 Å². The maximum absolute atomic E-state index is 2.29. The van der Waals surface area contributed by atoms with Crippen LogP contribution in [0.4, 0.5) is 0 Å². The average Bonchev–Trinajstić information content (AvgIpc) is 3.73. The van der Waals surface area contributed by atoms with E-state index in [0.717, 1.165) is 0 Å². The third kappa shape index (κ3) is 6.55. The highest BCUT2D eigenvalue weighted by molar-refractivity contribution is 8.16. The monoisotopic (exact) mass is 573 g/mol. The molecule has 188 valence electrons. The van der Waals surface area contributed by atoms with Crippen molar-refractivity contribution in [3.8, 4) is 20.2 Å². The maximum atomic E-state index is 2.29. The lowest BCUT2D eigenvalue weighted by molar-refractivity contribution is 1.62. The molecule has 3 aromatic heterocycles. The van der Waals surface area contributed by atoms with Gasteiger partial charge < -0.3 is 0 Å². The van der Waals surface area contributed by atoms with Crippen molar-refractivity contribution in [1.82, 2.24) is 0 Å². The van der Waals surface area contributed by atoms with E-state index in [1.165, 1.54) is 51.6 Å². The fraction of sp³-hybridized carbons (Fsp3) is 0. The quantitative estimate of drug-likeness (QED) is 0.138. The van der Waals surface area contributed by atoms with E-state index in [4.69, 9.17) is 0 Å². The van der Waals surface area contributed by atoms with Crippen molar-refractivity contribution in [3.63, 3.8) is 0 Å². The van der Waals surface area contributed by atoms with Gasteiger partial charge in [0.05, 0.1) is 4.88 Å². The Bertz CT molecular complexity index is 1680. The van der Waals surface area contributed by atoms with Crippen LogP contribution in [0, 0.1) is 0 Å². The van der Waals surface area contributed by atoms with Gasteiger partial charge in [0.1, 0.15) is 0 Å². The predicted molar refractivity (Wildman–Crippen MR) is 178 cm³/mol. The molecular weight excluding hydrogens is 549 g/mol. The zero-order valence-corrected chi connectivity index (χ0v) is 24.3. The highest BCUT2D eigenvalue weighted by atomic mass is 32.2. The summed E-state index contributed by atoms with van der Waals surface area (Å²) < 4.78 is 0. The minimum atomic E-state index is 1.20. The Kier molecular flexibility index (Phi) is 8.27. The number of hydrogen-bond donors (Lipinski definition) is 0. The molecule has 4 heteroatoms. The molecule has 0 N–H and O–H groups in total. The molecule has 0 bridgehead atoms. The summed E-state index contributed by atoms with van der Waals surface area (Å²) in [5.41, 5.74) is 4.91. The summed E-state index contributed by atoms with van der Waals surface area (Å²) >= 11 is 7.26. The first-order valence-corrected chi connectivity index (χ1v) is 16.0. The molecule has 2 aromatic carbocycles. The van der Waals surface area contributed by atoms with Crippen LogP contribution in [-0.4, -0.2) is 0 Å². The van der Waals surface area contributed by atoms with Crippen molar-refractivity contribution in [1.29, 1.82) is 0 Å². The van der Waals surface area contributed by atoms with Crippen molar-refractivity contribution in [2.45, 2.75) is 0 Å². The number of rotatable bonds is 7. The zero-order valence-electron chi connectivity index (χ0n) is 21.1. The average molecular weight is 574 g/mol. The molecule has 0 nitrogen and oxygen atoms in total. The van der Waals surface area contributed by atoms with E-state index in [1.54, 1.807) is 22.7 Å². The molecule has 5 aromatic rings. The number of thiophene rings is 2. The van der Waals surface area contributed by atoms with E-state index in [2.05, 4.69) is 150 Å². The SMILES string of the molecule is C1=C(c2ccccc2)SC(c2cccs2)=C/C1=C/C=C/C=C/c1cc(-c2ccccc2)[s+]c(-c2cccs2)c1. The van der Waals surface area contributed by atoms with Gasteiger partial charge in [0.25, 0.3) is 0 Å². The summed E-state index contributed by atoms with van der Waals surface area (Å²) in [5.74, 6) is 0. The zero-order chi connectivity index (χ0) is 26.3. The fourth-order valence-electron chi connectivity index (χ4n) is 4.20. The van der Waals surface area contributed by atoms with Gasteiger partial charge in [-0.15, -0.1) is 22.7 Å². The molecular formula is C35H25S4+. The highest BCUT2D eigenvalue weighted by Gasteiger charge is 2.18. The predicted octanol–water partition coefficient (Wildman–Crippen LogP) is 11.8. The molecule has 39 heavy (non-hydrogen) atoms. The summed E-state index contributed by atoms with van der Waals surface area (Å²) in [5, 5.41) is 4.28. The van der Waals surface area contributed by atoms with E-state index in [1.807, 2.05) is 23.1 Å². The minimum absolute atomic E-state index is 1.20. The molecule has 0 fully saturated rings. The third-order valence-corrected chi connectivity index (χ3v) is 10.4. The third-order valence-electron chi connectivity index (χ3n) is 6.08. The van der Waals surface area contributed by atoms with Crippen LogP contribution in [0.25, 0.3) is 36.1 Å². The van der Waals surface area contributed by atoms with E-state index in [0.29, 0.717) is 0 Å². The van der Waals surface area contributed by atoms with Gasteiger partial charge in [-0.05, 0) is 63.9 Å². The molecule has 0 aliphatic carbocycles. The fourth-order valence-corrected chi connectivity index (χ4v) is 8.11. The lowest BCUT2D eigenvalue weighted by Crippen LogP contribution is -1.89. The van der Waals surface area contributed by atoms with Gasteiger partial charge in [0.15, 0.2) is 0 Å². The van der Waals surface area contributed by atoms with Crippen molar-refractivity contribution < 1.29 is 0 Å². The number of allylic oxidation sites excluding steroid dienone is 7. The Morgan fingerprint density at radius 3 is 1.95 bits per heavy atom. The van der Waals surface area contributed by atoms with Crippen LogP contribution in [0.5, 0.6) is 0 Å². The molecule has 1 aliphatic rings. The van der Waals surface area contributed by atoms with Gasteiger partial charge >= 0.3 is 0 Å². The number of hydrogen-bond acceptors (Lipinski definition) is 3. The number of thioether (sulfide) groups is 1. The summed E-state index contributed by atoms with van der Waals surface area (Å²) in [7, 11) is 0. The van der Waals surface area contributed by atoms with Crippen molar-refractivity contribution in [3.05, 3.63) is 166 Å². The normalized spacial score (nSPS) is 14.7. The van der Waals surface area contributed by atoms with Gasteiger partial charge in [0.2, 0.25) is 21.1 Å². The van der Waals surface area contributed by atoms with Crippen molar-refractivity contribution in [2.24, 2.45) is 0 Å². The van der Waals surface area contributed by atoms with Crippen LogP contribution in [0.15, 0.2) is 150 Å². The first kappa shape index (κ1) is 25.7. The molecule has 0 unspecified atom stereocenters. The van der Waals surface area contributed by atoms with Crippen LogP contribution in [-0.2, 0) is 0 Å². The van der Waals surface area contributed by atoms with Gasteiger partial charge in [-0.2, -0.15) is 0 Å². The first-order chi connectivity index (χ1) is 19.3. The summed E-state index contributed by atoms with van der Waals surface area (Å²) in [6.07, 6.45) is 15.3. The van der Waals surface area contributed by atoms with E-state index < -0.39 is 0 Å². The van der Waals surface area contributed by atoms with Gasteiger partial charge in [0, 0.05) is 32.4 Å². The second-order valence-corrected chi connectivity index (χ2v) is 12.9. The van der Waals surface area contributed by atoms with E-state index >= 15 is 0 Å². The van der Waals surface area contributed by atoms with Crippen LogP contribution >= 0.6 is 45.8 Å². The van der Waals surface area contributed by atoms with Crippen LogP contribution < -0.4 is 0 Å². The molecule has 6 rings (SSSR count). The summed E-state index contributed by atoms with van der Waals surface area (Å²) in [6.45, 7) is 0. The molecule has 0 amide bonds. The van der Waals surface area contributed by atoms with Crippen LogP contribution in [0.3, 0.4) is 0 Å². The molecule has 0 atom stereocenters. The second-order valence-electron chi connectivity index (χ2n) is 8.84. The summed E-state index contributed by atoms with van der Waals surface area (Å²) in [6, 6.07) is 34.5. The van der Waals surface area contributed by atoms with Crippen molar-refractivity contribution >= 4 is 61.7 Å². The van der Waals surface area contributed by atoms with E-state index in [9.17, 15) is 0 Å². The van der Waals surface area contributed by atoms with E-state index in [-0.39, 0.29) is 0 Å². The summed E-state index contributed by atoms with van der Waals surface area (Å²) in [4.78, 5) is 7.74. The molecule has 0 radical (unpaired) electrons. The molecule has 0 spiro atoms. The minimum Gasteiger partial charge on any atom is -0.143 e. The maximum Gasteiger partial charge on any atom is 0.249 e. The van der Waals surface area contributed by atoms with Gasteiger partial charge in [-0.1, -0.05) is 103 Å². The lowest BCUT2D eigenvalue weighted by Gasteiger charge is -2.15. The molecule has 1 aliphatic heterocycles. The largest absolute Gasteiger partial charge is 0.249 e. The Morgan fingerprint density at radius 2 is 1.23 bits per heavy atom. The first-order valence-electron chi connectivity index (χ1n) is 12.6. The topological polar surface area (TPSA) is 0 Å². The Labute approximate surface area is 246 Å². The molecule has 0 saturated carbocycles. The Hall–Kier alpha value is -3.54. The molecule has 4 heterocycles. The van der Waals surface area contributed by atoms with Crippen molar-refractivity contribution in [2.75, 3.05) is 0 Å². The lowest BCUT2D eigenvalue weighted by atomic mass is 10.1. The second kappa shape index (κ2) is 12.5. The van der Waals surface area contributed by atoms with Crippen LogP contribution in [0.2, 0.25) is 0 Å². The standard InChI is InChI=1S/C35H25S4/c1(4-12-26-22-32(28-14-6-2-7-15-28)38-34(24-26)30-18-10-20-36-30)5-13-27-23-33(29-16-8-3-9-17-29)39-35(25-27)31-19-11-21-37-31/h1-25H/q+1. The molecule has 0 saturated heterocycles. The smallest absolute Gasteiger partial charge is 0.143 e. The highest BCUT2D eigenvalue weighted by Crippen LogP contribution is 2.45. The number of benzene rings is 2.